The second-order valence-corrected chi connectivity index (χ2v) is 6.88. The third kappa shape index (κ3) is 2.74. The van der Waals surface area contributed by atoms with Crippen LogP contribution in [-0.4, -0.2) is 38.9 Å². The maximum Gasteiger partial charge on any atom is 0.310 e. The molecular formula is C12H15ClN2O4S. The number of hydrogen-bond donors (Lipinski definition) is 1. The molecule has 2 N–H and O–H groups in total. The fourth-order valence-electron chi connectivity index (χ4n) is 2.16. The molecule has 0 aromatic heterocycles. The van der Waals surface area contributed by atoms with Gasteiger partial charge in [0.2, 0.25) is 10.0 Å². The van der Waals surface area contributed by atoms with Gasteiger partial charge in [0.1, 0.15) is 4.90 Å². The van der Waals surface area contributed by atoms with Gasteiger partial charge >= 0.3 is 5.97 Å². The Morgan fingerprint density at radius 1 is 1.50 bits per heavy atom. The molecule has 0 saturated carbocycles. The number of sulfonamides is 1. The van der Waals surface area contributed by atoms with Gasteiger partial charge in [0.05, 0.1) is 18.1 Å². The highest BCUT2D eigenvalue weighted by Crippen LogP contribution is 2.30. The first kappa shape index (κ1) is 15.1. The summed E-state index contributed by atoms with van der Waals surface area (Å²) >= 11 is 5.93. The van der Waals surface area contributed by atoms with Gasteiger partial charge in [-0.15, -0.1) is 0 Å². The number of benzene rings is 1. The lowest BCUT2D eigenvalue weighted by Crippen LogP contribution is -2.30. The molecule has 1 aromatic rings. The number of halogens is 1. The van der Waals surface area contributed by atoms with Gasteiger partial charge < -0.3 is 10.5 Å². The van der Waals surface area contributed by atoms with E-state index in [1.165, 1.54) is 29.6 Å². The number of hydrogen-bond acceptors (Lipinski definition) is 5. The van der Waals surface area contributed by atoms with Crippen LogP contribution in [-0.2, 0) is 19.6 Å². The summed E-state index contributed by atoms with van der Waals surface area (Å²) in [7, 11) is -2.47. The van der Waals surface area contributed by atoms with E-state index in [4.69, 9.17) is 17.3 Å². The van der Waals surface area contributed by atoms with E-state index in [-0.39, 0.29) is 23.0 Å². The monoisotopic (exact) mass is 318 g/mol. The Labute approximate surface area is 122 Å². The Hall–Kier alpha value is -1.31. The number of esters is 1. The number of carbonyl (C=O) groups excluding carboxylic acids is 1. The van der Waals surface area contributed by atoms with Crippen molar-refractivity contribution in [2.45, 2.75) is 11.3 Å². The molecule has 1 atom stereocenters. The number of nitrogens with two attached hydrogens (primary N) is 1. The molecule has 20 heavy (non-hydrogen) atoms. The van der Waals surface area contributed by atoms with E-state index < -0.39 is 21.9 Å². The van der Waals surface area contributed by atoms with Crippen molar-refractivity contribution in [2.24, 2.45) is 5.92 Å². The van der Waals surface area contributed by atoms with Crippen LogP contribution in [0.1, 0.15) is 6.42 Å². The molecule has 0 radical (unpaired) electrons. The van der Waals surface area contributed by atoms with E-state index in [0.717, 1.165) is 0 Å². The number of carbonyl (C=O) groups is 1. The van der Waals surface area contributed by atoms with Gasteiger partial charge in [-0.05, 0) is 24.6 Å². The smallest absolute Gasteiger partial charge is 0.310 e. The van der Waals surface area contributed by atoms with Crippen LogP contribution in [0, 0.1) is 5.92 Å². The van der Waals surface area contributed by atoms with Crippen molar-refractivity contribution in [1.29, 1.82) is 0 Å². The Morgan fingerprint density at radius 2 is 2.20 bits per heavy atom. The molecule has 110 valence electrons. The predicted octanol–water partition coefficient (Wildman–Crippen LogP) is 1.11. The van der Waals surface area contributed by atoms with Crippen LogP contribution < -0.4 is 5.73 Å². The van der Waals surface area contributed by atoms with Gasteiger partial charge in [-0.3, -0.25) is 4.79 Å². The van der Waals surface area contributed by atoms with Crippen LogP contribution in [0.25, 0.3) is 0 Å². The predicted molar refractivity (Wildman–Crippen MR) is 74.7 cm³/mol. The number of methoxy groups -OCH3 is 1. The van der Waals surface area contributed by atoms with E-state index in [1.807, 2.05) is 0 Å². The summed E-state index contributed by atoms with van der Waals surface area (Å²) in [5.74, 6) is -0.837. The first-order valence-corrected chi connectivity index (χ1v) is 7.81. The Kier molecular flexibility index (Phi) is 4.22. The van der Waals surface area contributed by atoms with Crippen molar-refractivity contribution < 1.29 is 17.9 Å². The summed E-state index contributed by atoms with van der Waals surface area (Å²) in [5.41, 5.74) is 5.92. The summed E-state index contributed by atoms with van der Waals surface area (Å²) in [4.78, 5) is 11.4. The molecule has 0 aliphatic carbocycles. The van der Waals surface area contributed by atoms with Crippen molar-refractivity contribution in [1.82, 2.24) is 4.31 Å². The second-order valence-electron chi connectivity index (χ2n) is 4.56. The quantitative estimate of drug-likeness (QED) is 0.666. The molecule has 1 aromatic carbocycles. The molecule has 1 unspecified atom stereocenters. The van der Waals surface area contributed by atoms with Crippen LogP contribution in [0.5, 0.6) is 0 Å². The highest BCUT2D eigenvalue weighted by molar-refractivity contribution is 7.89. The molecule has 0 bridgehead atoms. The fourth-order valence-corrected chi connectivity index (χ4v) is 4.17. The highest BCUT2D eigenvalue weighted by Gasteiger charge is 2.37. The van der Waals surface area contributed by atoms with Gasteiger partial charge in [-0.2, -0.15) is 4.31 Å². The van der Waals surface area contributed by atoms with Gasteiger partial charge in [0.15, 0.2) is 0 Å². The normalized spacial score (nSPS) is 20.0. The van der Waals surface area contributed by atoms with Crippen molar-refractivity contribution in [3.05, 3.63) is 23.2 Å². The third-order valence-electron chi connectivity index (χ3n) is 3.26. The van der Waals surface area contributed by atoms with Gasteiger partial charge in [-0.25, -0.2) is 8.42 Å². The average molecular weight is 319 g/mol. The van der Waals surface area contributed by atoms with Gasteiger partial charge in [-0.1, -0.05) is 11.6 Å². The molecule has 2 rings (SSSR count). The number of nitrogens with zero attached hydrogens (tertiary/aromatic N) is 1. The minimum absolute atomic E-state index is 0.0373. The lowest BCUT2D eigenvalue weighted by atomic mass is 10.1. The van der Waals surface area contributed by atoms with Crippen LogP contribution >= 0.6 is 11.6 Å². The topological polar surface area (TPSA) is 89.7 Å². The first-order valence-electron chi connectivity index (χ1n) is 5.99. The number of ether oxygens (including phenoxy) is 1. The molecule has 1 aliphatic heterocycles. The Bertz CT molecular complexity index is 632. The molecule has 6 nitrogen and oxygen atoms in total. The maximum absolute atomic E-state index is 12.5. The lowest BCUT2D eigenvalue weighted by Gasteiger charge is -2.17. The molecule has 8 heteroatoms. The zero-order chi connectivity index (χ0) is 14.9. The second kappa shape index (κ2) is 5.59. The molecule has 1 aliphatic rings. The van der Waals surface area contributed by atoms with E-state index in [0.29, 0.717) is 12.1 Å². The molecule has 1 fully saturated rings. The Balaban J connectivity index is 2.28. The molecule has 1 heterocycles. The van der Waals surface area contributed by atoms with E-state index in [2.05, 4.69) is 4.74 Å². The largest absolute Gasteiger partial charge is 0.469 e. The van der Waals surface area contributed by atoms with Crippen LogP contribution in [0.15, 0.2) is 23.1 Å². The van der Waals surface area contributed by atoms with Crippen molar-refractivity contribution >= 4 is 33.3 Å². The van der Waals surface area contributed by atoms with E-state index in [9.17, 15) is 13.2 Å². The summed E-state index contributed by atoms with van der Waals surface area (Å²) < 4.78 is 30.9. The summed E-state index contributed by atoms with van der Waals surface area (Å²) in [6.45, 7) is 0.355. The average Bonchev–Trinajstić information content (AvgIpc) is 2.91. The Morgan fingerprint density at radius 3 is 2.85 bits per heavy atom. The molecule has 1 saturated heterocycles. The first-order chi connectivity index (χ1) is 9.36. The fraction of sp³-hybridized carbons (Fsp3) is 0.417. The standard InChI is InChI=1S/C12H15ClN2O4S/c1-19-12(16)8-4-5-15(7-8)20(17,18)11-6-9(14)2-3-10(11)13/h2-3,6,8H,4-5,7,14H2,1H3. The summed E-state index contributed by atoms with van der Waals surface area (Å²) in [5, 5.41) is 0.112. The van der Waals surface area contributed by atoms with Crippen molar-refractivity contribution in [2.75, 3.05) is 25.9 Å². The number of nitrogen functional groups attached to an aromatic ring is 1. The van der Waals surface area contributed by atoms with Crippen molar-refractivity contribution in [3.63, 3.8) is 0 Å². The summed E-state index contributed by atoms with van der Waals surface area (Å²) in [6.07, 6.45) is 0.436. The van der Waals surface area contributed by atoms with Gasteiger partial charge in [0.25, 0.3) is 0 Å². The zero-order valence-corrected chi connectivity index (χ0v) is 12.4. The van der Waals surface area contributed by atoms with Crippen molar-refractivity contribution in [3.8, 4) is 0 Å². The zero-order valence-electron chi connectivity index (χ0n) is 10.9. The molecule has 0 amide bonds. The molecule has 0 spiro atoms. The lowest BCUT2D eigenvalue weighted by molar-refractivity contribution is -0.144. The third-order valence-corrected chi connectivity index (χ3v) is 5.61. The summed E-state index contributed by atoms with van der Waals surface area (Å²) in [6, 6.07) is 4.29. The minimum atomic E-state index is -3.75. The van der Waals surface area contributed by atoms with Crippen LogP contribution in [0.3, 0.4) is 0 Å². The maximum atomic E-state index is 12.5. The van der Waals surface area contributed by atoms with Crippen LogP contribution in [0.2, 0.25) is 5.02 Å². The number of anilines is 1. The molecular weight excluding hydrogens is 304 g/mol. The van der Waals surface area contributed by atoms with Gasteiger partial charge in [0, 0.05) is 18.8 Å². The van der Waals surface area contributed by atoms with E-state index >= 15 is 0 Å². The van der Waals surface area contributed by atoms with E-state index in [1.54, 1.807) is 0 Å². The van der Waals surface area contributed by atoms with Crippen LogP contribution in [0.4, 0.5) is 5.69 Å². The SMILES string of the molecule is COC(=O)C1CCN(S(=O)(=O)c2cc(N)ccc2Cl)C1. The minimum Gasteiger partial charge on any atom is -0.469 e. The highest BCUT2D eigenvalue weighted by atomic mass is 35.5. The number of rotatable bonds is 3.